The van der Waals surface area contributed by atoms with Crippen molar-refractivity contribution in [2.75, 3.05) is 6.61 Å². The second kappa shape index (κ2) is 5.55. The minimum atomic E-state index is -0.585. The van der Waals surface area contributed by atoms with Crippen molar-refractivity contribution in [3.63, 3.8) is 0 Å². The second-order valence-electron chi connectivity index (χ2n) is 3.51. The number of ether oxygens (including phenoxy) is 1. The first-order chi connectivity index (χ1) is 7.47. The molecule has 1 rings (SSSR count). The minimum Gasteiger partial charge on any atom is -0.493 e. The van der Waals surface area contributed by atoms with E-state index in [4.69, 9.17) is 27.9 Å². The number of alkyl halides is 1. The van der Waals surface area contributed by atoms with E-state index in [9.17, 15) is 4.79 Å². The number of rotatable bonds is 4. The summed E-state index contributed by atoms with van der Waals surface area (Å²) in [6.07, 6.45) is 0. The Morgan fingerprint density at radius 2 is 2.12 bits per heavy atom. The van der Waals surface area contributed by atoms with Gasteiger partial charge < -0.3 is 4.74 Å². The molecular formula is C12H14Cl2O2. The normalized spacial score (nSPS) is 12.3. The van der Waals surface area contributed by atoms with Crippen LogP contribution in [0.1, 0.15) is 29.8 Å². The van der Waals surface area contributed by atoms with E-state index < -0.39 is 5.38 Å². The first-order valence-electron chi connectivity index (χ1n) is 5.08. The molecule has 0 N–H and O–H groups in total. The molecule has 0 saturated carbocycles. The Morgan fingerprint density at radius 3 is 2.62 bits per heavy atom. The monoisotopic (exact) mass is 260 g/mol. The number of Topliss-reactive ketones (excluding diaryl/α,β-unsaturated/α-hetero) is 1. The second-order valence-corrected chi connectivity index (χ2v) is 4.57. The SMILES string of the molecule is CCOc1cc(C)c(Cl)cc1C(=O)C(C)Cl. The Bertz CT molecular complexity index is 400. The summed E-state index contributed by atoms with van der Waals surface area (Å²) in [5.41, 5.74) is 1.32. The van der Waals surface area contributed by atoms with Crippen molar-refractivity contribution in [2.24, 2.45) is 0 Å². The van der Waals surface area contributed by atoms with Gasteiger partial charge >= 0.3 is 0 Å². The van der Waals surface area contributed by atoms with E-state index in [1.165, 1.54) is 0 Å². The van der Waals surface area contributed by atoms with E-state index in [0.29, 0.717) is 22.9 Å². The van der Waals surface area contributed by atoms with Gasteiger partial charge in [-0.3, -0.25) is 4.79 Å². The van der Waals surface area contributed by atoms with Gasteiger partial charge in [-0.2, -0.15) is 0 Å². The van der Waals surface area contributed by atoms with Gasteiger partial charge in [-0.15, -0.1) is 11.6 Å². The summed E-state index contributed by atoms with van der Waals surface area (Å²) in [5.74, 6) is 0.369. The Labute approximate surface area is 106 Å². The van der Waals surface area contributed by atoms with Crippen LogP contribution in [0.5, 0.6) is 5.75 Å². The molecule has 1 unspecified atom stereocenters. The summed E-state index contributed by atoms with van der Waals surface area (Å²) in [5, 5.41) is -0.0397. The van der Waals surface area contributed by atoms with Crippen LogP contribution in [-0.2, 0) is 0 Å². The first kappa shape index (κ1) is 13.3. The van der Waals surface area contributed by atoms with Gasteiger partial charge in [-0.05, 0) is 38.5 Å². The first-order valence-corrected chi connectivity index (χ1v) is 5.90. The van der Waals surface area contributed by atoms with Gasteiger partial charge in [0.2, 0.25) is 0 Å². The zero-order valence-corrected chi connectivity index (χ0v) is 11.0. The highest BCUT2D eigenvalue weighted by Gasteiger charge is 2.18. The maximum atomic E-state index is 11.8. The number of carbonyl (C=O) groups is 1. The average Bonchev–Trinajstić information content (AvgIpc) is 2.22. The number of hydrogen-bond donors (Lipinski definition) is 0. The van der Waals surface area contributed by atoms with Crippen molar-refractivity contribution in [3.05, 3.63) is 28.3 Å². The van der Waals surface area contributed by atoms with E-state index in [0.717, 1.165) is 5.56 Å². The molecule has 0 amide bonds. The number of carbonyl (C=O) groups excluding carboxylic acids is 1. The number of halogens is 2. The molecule has 0 bridgehead atoms. The largest absolute Gasteiger partial charge is 0.493 e. The molecular weight excluding hydrogens is 247 g/mol. The van der Waals surface area contributed by atoms with E-state index in [1.54, 1.807) is 19.1 Å². The van der Waals surface area contributed by atoms with Gasteiger partial charge in [0, 0.05) is 5.02 Å². The molecule has 16 heavy (non-hydrogen) atoms. The van der Waals surface area contributed by atoms with Crippen LogP contribution in [-0.4, -0.2) is 17.8 Å². The molecule has 1 atom stereocenters. The molecule has 4 heteroatoms. The number of ketones is 1. The van der Waals surface area contributed by atoms with Gasteiger partial charge in [0.1, 0.15) is 5.75 Å². The molecule has 0 aromatic heterocycles. The minimum absolute atomic E-state index is 0.174. The average molecular weight is 261 g/mol. The number of aryl methyl sites for hydroxylation is 1. The van der Waals surface area contributed by atoms with Crippen LogP contribution in [0, 0.1) is 6.92 Å². The van der Waals surface area contributed by atoms with E-state index in [1.807, 2.05) is 13.8 Å². The molecule has 0 heterocycles. The lowest BCUT2D eigenvalue weighted by atomic mass is 10.1. The molecule has 0 aliphatic carbocycles. The van der Waals surface area contributed by atoms with Crippen LogP contribution < -0.4 is 4.74 Å². The van der Waals surface area contributed by atoms with Crippen LogP contribution in [0.4, 0.5) is 0 Å². The Balaban J connectivity index is 3.24. The standard InChI is InChI=1S/C12H14Cl2O2/c1-4-16-11-5-7(2)10(14)6-9(11)12(15)8(3)13/h5-6,8H,4H2,1-3H3. The highest BCUT2D eigenvalue weighted by molar-refractivity contribution is 6.35. The topological polar surface area (TPSA) is 26.3 Å². The summed E-state index contributed by atoms with van der Waals surface area (Å²) in [6, 6.07) is 3.38. The highest BCUT2D eigenvalue weighted by Crippen LogP contribution is 2.28. The van der Waals surface area contributed by atoms with Gasteiger partial charge in [-0.25, -0.2) is 0 Å². The van der Waals surface area contributed by atoms with Crippen LogP contribution in [0.15, 0.2) is 12.1 Å². The third-order valence-electron chi connectivity index (χ3n) is 2.19. The molecule has 0 aliphatic rings. The Kier molecular flexibility index (Phi) is 4.63. The highest BCUT2D eigenvalue weighted by atomic mass is 35.5. The summed E-state index contributed by atoms with van der Waals surface area (Å²) in [6.45, 7) is 5.86. The van der Waals surface area contributed by atoms with Crippen molar-refractivity contribution in [1.82, 2.24) is 0 Å². The third kappa shape index (κ3) is 2.89. The maximum Gasteiger partial charge on any atom is 0.184 e. The van der Waals surface area contributed by atoms with Crippen LogP contribution in [0.25, 0.3) is 0 Å². The molecule has 0 radical (unpaired) electrons. The number of hydrogen-bond acceptors (Lipinski definition) is 2. The zero-order valence-electron chi connectivity index (χ0n) is 9.51. The van der Waals surface area contributed by atoms with Crippen molar-refractivity contribution in [3.8, 4) is 5.75 Å². The number of benzene rings is 1. The van der Waals surface area contributed by atoms with E-state index >= 15 is 0 Å². The maximum absolute atomic E-state index is 11.8. The van der Waals surface area contributed by atoms with Gasteiger partial charge in [0.05, 0.1) is 17.5 Å². The van der Waals surface area contributed by atoms with Crippen LogP contribution in [0.3, 0.4) is 0 Å². The summed E-state index contributed by atoms with van der Waals surface area (Å²) >= 11 is 11.8. The predicted molar refractivity (Wildman–Crippen MR) is 67.0 cm³/mol. The molecule has 0 aliphatic heterocycles. The van der Waals surface area contributed by atoms with Crippen molar-refractivity contribution < 1.29 is 9.53 Å². The lowest BCUT2D eigenvalue weighted by molar-refractivity contribution is 0.0988. The van der Waals surface area contributed by atoms with Crippen molar-refractivity contribution in [1.29, 1.82) is 0 Å². The molecule has 0 fully saturated rings. The fourth-order valence-electron chi connectivity index (χ4n) is 1.34. The Morgan fingerprint density at radius 1 is 1.50 bits per heavy atom. The molecule has 1 aromatic carbocycles. The smallest absolute Gasteiger partial charge is 0.184 e. The van der Waals surface area contributed by atoms with Crippen molar-refractivity contribution in [2.45, 2.75) is 26.1 Å². The molecule has 1 aromatic rings. The van der Waals surface area contributed by atoms with Gasteiger partial charge in [0.15, 0.2) is 5.78 Å². The molecule has 0 saturated heterocycles. The third-order valence-corrected chi connectivity index (χ3v) is 2.79. The zero-order chi connectivity index (χ0) is 12.3. The quantitative estimate of drug-likeness (QED) is 0.607. The van der Waals surface area contributed by atoms with E-state index in [2.05, 4.69) is 0 Å². The summed E-state index contributed by atoms with van der Waals surface area (Å²) in [7, 11) is 0. The molecule has 0 spiro atoms. The molecule has 2 nitrogen and oxygen atoms in total. The van der Waals surface area contributed by atoms with Crippen LogP contribution >= 0.6 is 23.2 Å². The van der Waals surface area contributed by atoms with Crippen LogP contribution in [0.2, 0.25) is 5.02 Å². The van der Waals surface area contributed by atoms with Gasteiger partial charge in [-0.1, -0.05) is 11.6 Å². The predicted octanol–water partition coefficient (Wildman–Crippen LogP) is 3.86. The molecule has 88 valence electrons. The fraction of sp³-hybridized carbons (Fsp3) is 0.417. The summed E-state index contributed by atoms with van der Waals surface area (Å²) < 4.78 is 5.41. The Hall–Kier alpha value is -0.730. The fourth-order valence-corrected chi connectivity index (χ4v) is 1.62. The lowest BCUT2D eigenvalue weighted by Gasteiger charge is -2.12. The summed E-state index contributed by atoms with van der Waals surface area (Å²) in [4.78, 5) is 11.8. The van der Waals surface area contributed by atoms with E-state index in [-0.39, 0.29) is 5.78 Å². The lowest BCUT2D eigenvalue weighted by Crippen LogP contribution is -2.12. The van der Waals surface area contributed by atoms with Crippen molar-refractivity contribution >= 4 is 29.0 Å². The van der Waals surface area contributed by atoms with Gasteiger partial charge in [0.25, 0.3) is 0 Å².